The van der Waals surface area contributed by atoms with Crippen molar-refractivity contribution in [2.24, 2.45) is 0 Å². The second-order valence-electron chi connectivity index (χ2n) is 4.49. The van der Waals surface area contributed by atoms with Gasteiger partial charge in [-0.05, 0) is 26.0 Å². The fourth-order valence-electron chi connectivity index (χ4n) is 2.10. The molecule has 1 N–H and O–H groups in total. The maximum Gasteiger partial charge on any atom is 0.337 e. The van der Waals surface area contributed by atoms with Crippen LogP contribution in [0, 0.1) is 0 Å². The highest BCUT2D eigenvalue weighted by Crippen LogP contribution is 2.16. The zero-order chi connectivity index (χ0) is 14.0. The van der Waals surface area contributed by atoms with Crippen molar-refractivity contribution in [2.45, 2.75) is 19.9 Å². The summed E-state index contributed by atoms with van der Waals surface area (Å²) in [6.45, 7) is 4.15. The quantitative estimate of drug-likeness (QED) is 0.877. The summed E-state index contributed by atoms with van der Waals surface area (Å²) in [6, 6.07) is 6.79. The van der Waals surface area contributed by atoms with E-state index in [2.05, 4.69) is 5.32 Å². The predicted octanol–water partition coefficient (Wildman–Crippen LogP) is 2.18. The lowest BCUT2D eigenvalue weighted by atomic mass is 10.3. The Bertz CT molecular complexity index is 657. The number of fused-ring (bicyclic) bond motifs is 1. The monoisotopic (exact) mass is 281 g/mol. The standard InChI is InChI=1S/C13H16ClN3O2/c1-9(2)16-10-5-3-4-6-11(10)17(13(16)19)12(18)15-8-7-14/h3-6,9H,7-8H2,1-2H3,(H,15,18). The molecule has 1 heterocycles. The van der Waals surface area contributed by atoms with Crippen molar-refractivity contribution in [2.75, 3.05) is 12.4 Å². The second-order valence-corrected chi connectivity index (χ2v) is 4.87. The Hall–Kier alpha value is -1.75. The zero-order valence-electron chi connectivity index (χ0n) is 10.9. The second kappa shape index (κ2) is 5.48. The maximum atomic E-state index is 12.4. The van der Waals surface area contributed by atoms with Crippen LogP contribution in [0.5, 0.6) is 0 Å². The van der Waals surface area contributed by atoms with Crippen LogP contribution >= 0.6 is 11.6 Å². The Morgan fingerprint density at radius 2 is 1.95 bits per heavy atom. The molecule has 2 rings (SSSR count). The summed E-state index contributed by atoms with van der Waals surface area (Å²) in [4.78, 5) is 24.4. The van der Waals surface area contributed by atoms with E-state index in [0.29, 0.717) is 17.9 Å². The van der Waals surface area contributed by atoms with Crippen LogP contribution in [0.4, 0.5) is 4.79 Å². The Kier molecular flexibility index (Phi) is 3.95. The molecule has 0 fully saturated rings. The van der Waals surface area contributed by atoms with Gasteiger partial charge in [-0.1, -0.05) is 12.1 Å². The molecule has 0 unspecified atom stereocenters. The van der Waals surface area contributed by atoms with Gasteiger partial charge in [-0.15, -0.1) is 11.6 Å². The van der Waals surface area contributed by atoms with Gasteiger partial charge in [-0.2, -0.15) is 0 Å². The first-order chi connectivity index (χ1) is 9.07. The minimum absolute atomic E-state index is 0.0144. The van der Waals surface area contributed by atoms with E-state index in [9.17, 15) is 9.59 Å². The zero-order valence-corrected chi connectivity index (χ0v) is 11.6. The third-order valence-corrected chi connectivity index (χ3v) is 3.06. The first-order valence-corrected chi connectivity index (χ1v) is 6.67. The highest BCUT2D eigenvalue weighted by molar-refractivity contribution is 6.18. The number of aromatic nitrogens is 2. The summed E-state index contributed by atoms with van der Waals surface area (Å²) < 4.78 is 2.76. The van der Waals surface area contributed by atoms with E-state index >= 15 is 0 Å². The van der Waals surface area contributed by atoms with E-state index in [1.54, 1.807) is 16.7 Å². The van der Waals surface area contributed by atoms with Crippen molar-refractivity contribution in [3.05, 3.63) is 34.7 Å². The van der Waals surface area contributed by atoms with Crippen LogP contribution in [0.2, 0.25) is 0 Å². The first kappa shape index (κ1) is 13.7. The Morgan fingerprint density at radius 1 is 1.32 bits per heavy atom. The SMILES string of the molecule is CC(C)n1c(=O)n(C(=O)NCCCl)c2ccccc21. The fourth-order valence-corrected chi connectivity index (χ4v) is 2.19. The Labute approximate surface area is 115 Å². The molecule has 0 aliphatic heterocycles. The van der Waals surface area contributed by atoms with E-state index in [4.69, 9.17) is 11.6 Å². The van der Waals surface area contributed by atoms with Gasteiger partial charge in [0, 0.05) is 18.5 Å². The summed E-state index contributed by atoms with van der Waals surface area (Å²) in [5.74, 6) is 0.309. The lowest BCUT2D eigenvalue weighted by molar-refractivity contribution is 0.242. The molecule has 1 amide bonds. The minimum Gasteiger partial charge on any atom is -0.336 e. The molecule has 5 nitrogen and oxygen atoms in total. The summed E-state index contributed by atoms with van der Waals surface area (Å²) in [5, 5.41) is 2.61. The Morgan fingerprint density at radius 3 is 2.53 bits per heavy atom. The molecule has 1 aromatic carbocycles. The number of hydrogen-bond donors (Lipinski definition) is 1. The van der Waals surface area contributed by atoms with E-state index in [1.807, 2.05) is 26.0 Å². The van der Waals surface area contributed by atoms with Crippen LogP contribution in [0.25, 0.3) is 11.0 Å². The number of halogens is 1. The van der Waals surface area contributed by atoms with Crippen LogP contribution in [0.15, 0.2) is 29.1 Å². The van der Waals surface area contributed by atoms with Crippen LogP contribution in [0.1, 0.15) is 19.9 Å². The molecule has 0 atom stereocenters. The van der Waals surface area contributed by atoms with Crippen LogP contribution in [-0.2, 0) is 0 Å². The maximum absolute atomic E-state index is 12.4. The van der Waals surface area contributed by atoms with Crippen molar-refractivity contribution in [3.63, 3.8) is 0 Å². The lowest BCUT2D eigenvalue weighted by Gasteiger charge is -2.06. The van der Waals surface area contributed by atoms with Gasteiger partial charge >= 0.3 is 11.7 Å². The van der Waals surface area contributed by atoms with Gasteiger partial charge < -0.3 is 5.32 Å². The highest BCUT2D eigenvalue weighted by atomic mass is 35.5. The number of carbonyl (C=O) groups is 1. The normalized spacial score (nSPS) is 11.2. The van der Waals surface area contributed by atoms with Crippen LogP contribution < -0.4 is 11.0 Å². The first-order valence-electron chi connectivity index (χ1n) is 6.14. The molecular weight excluding hydrogens is 266 g/mol. The molecule has 2 aromatic rings. The van der Waals surface area contributed by atoms with Gasteiger partial charge in [0.1, 0.15) is 0 Å². The topological polar surface area (TPSA) is 56.0 Å². The van der Waals surface area contributed by atoms with Crippen molar-refractivity contribution in [3.8, 4) is 0 Å². The van der Waals surface area contributed by atoms with E-state index in [1.165, 1.54) is 0 Å². The number of benzene rings is 1. The number of rotatable bonds is 3. The third kappa shape index (κ3) is 2.38. The molecule has 0 spiro atoms. The average Bonchev–Trinajstić information content (AvgIpc) is 2.68. The number of para-hydroxylation sites is 2. The van der Waals surface area contributed by atoms with Crippen LogP contribution in [0.3, 0.4) is 0 Å². The number of carbonyl (C=O) groups excluding carboxylic acids is 1. The molecule has 102 valence electrons. The van der Waals surface area contributed by atoms with Gasteiger partial charge in [0.15, 0.2) is 0 Å². The van der Waals surface area contributed by atoms with Gasteiger partial charge in [0.05, 0.1) is 11.0 Å². The van der Waals surface area contributed by atoms with Crippen molar-refractivity contribution in [1.29, 1.82) is 0 Å². The smallest absolute Gasteiger partial charge is 0.336 e. The van der Waals surface area contributed by atoms with Crippen LogP contribution in [-0.4, -0.2) is 27.6 Å². The summed E-state index contributed by atoms with van der Waals surface area (Å²) in [5.41, 5.74) is 1.03. The molecule has 19 heavy (non-hydrogen) atoms. The molecular formula is C13H16ClN3O2. The number of amides is 1. The van der Waals surface area contributed by atoms with Gasteiger partial charge in [0.2, 0.25) is 0 Å². The molecule has 0 radical (unpaired) electrons. The van der Waals surface area contributed by atoms with Gasteiger partial charge in [-0.25, -0.2) is 14.2 Å². The number of alkyl halides is 1. The molecule has 0 saturated carbocycles. The molecule has 0 bridgehead atoms. The van der Waals surface area contributed by atoms with Crippen molar-refractivity contribution < 1.29 is 4.79 Å². The molecule has 0 aliphatic rings. The summed E-state index contributed by atoms with van der Waals surface area (Å²) in [7, 11) is 0. The van der Waals surface area contributed by atoms with Gasteiger partial charge in [-0.3, -0.25) is 4.57 Å². The van der Waals surface area contributed by atoms with E-state index < -0.39 is 6.03 Å². The van der Waals surface area contributed by atoms with Crippen molar-refractivity contribution >= 4 is 28.7 Å². The Balaban J connectivity index is 2.64. The van der Waals surface area contributed by atoms with Crippen molar-refractivity contribution in [1.82, 2.24) is 14.5 Å². The fraction of sp³-hybridized carbons (Fsp3) is 0.385. The molecule has 0 aliphatic carbocycles. The molecule has 6 heteroatoms. The van der Waals surface area contributed by atoms with E-state index in [0.717, 1.165) is 10.1 Å². The predicted molar refractivity (Wildman–Crippen MR) is 76.1 cm³/mol. The van der Waals surface area contributed by atoms with E-state index in [-0.39, 0.29) is 11.7 Å². The number of hydrogen-bond acceptors (Lipinski definition) is 2. The molecule has 0 saturated heterocycles. The summed E-state index contributed by atoms with van der Waals surface area (Å²) >= 11 is 5.54. The largest absolute Gasteiger partial charge is 0.337 e. The van der Waals surface area contributed by atoms with Gasteiger partial charge in [0.25, 0.3) is 0 Å². The average molecular weight is 282 g/mol. The molecule has 1 aromatic heterocycles. The summed E-state index contributed by atoms with van der Waals surface area (Å²) in [6.07, 6.45) is 0. The number of imidazole rings is 1. The number of nitrogens with one attached hydrogen (secondary N) is 1. The number of nitrogens with zero attached hydrogens (tertiary/aromatic N) is 2. The minimum atomic E-state index is -0.443. The highest BCUT2D eigenvalue weighted by Gasteiger charge is 2.18. The third-order valence-electron chi connectivity index (χ3n) is 2.87. The lowest BCUT2D eigenvalue weighted by Crippen LogP contribution is -2.38.